The molecule has 0 bridgehead atoms. The molecular weight excluding hydrogens is 336 g/mol. The largest absolute Gasteiger partial charge is 0.488 e. The van der Waals surface area contributed by atoms with Crippen LogP contribution in [0.4, 0.5) is 5.69 Å². The topological polar surface area (TPSA) is 83.6 Å². The van der Waals surface area contributed by atoms with Gasteiger partial charge in [0.25, 0.3) is 11.2 Å². The van der Waals surface area contributed by atoms with E-state index in [2.05, 4.69) is 0 Å². The van der Waals surface area contributed by atoms with Gasteiger partial charge in [0.2, 0.25) is 5.75 Å². The van der Waals surface area contributed by atoms with Crippen molar-refractivity contribution in [3.05, 3.63) is 50.5 Å². The molecule has 0 unspecified atom stereocenters. The van der Waals surface area contributed by atoms with Crippen LogP contribution in [0, 0.1) is 10.1 Å². The van der Waals surface area contributed by atoms with Gasteiger partial charge in [0.05, 0.1) is 23.3 Å². The van der Waals surface area contributed by atoms with E-state index >= 15 is 0 Å². The number of allylic oxidation sites excluding steroid dienone is 2. The Balaban J connectivity index is 2.85. The number of benzene rings is 1. The summed E-state index contributed by atoms with van der Waals surface area (Å²) in [6, 6.07) is 4.43. The summed E-state index contributed by atoms with van der Waals surface area (Å²) < 4.78 is 12.8. The second-order valence-electron chi connectivity index (χ2n) is 5.84. The lowest BCUT2D eigenvalue weighted by molar-refractivity contribution is -0.384. The molecule has 7 heteroatoms. The van der Waals surface area contributed by atoms with Crippen LogP contribution in [0.15, 0.2) is 34.8 Å². The number of nitrogens with zero attached hydrogens (tertiary/aromatic N) is 2. The van der Waals surface area contributed by atoms with E-state index in [4.69, 9.17) is 9.47 Å². The van der Waals surface area contributed by atoms with Gasteiger partial charge in [0, 0.05) is 30.5 Å². The standard InChI is InChI=1S/C19H24N2O5/c1-5-8-11-20-16-12-13(21(23)24)9-10-15(16)17(18(25-4)19(20)22)26-14(6-2)7-3/h6,9-10,12H,5,7-8,11H2,1-4H3. The zero-order valence-corrected chi connectivity index (χ0v) is 15.6. The van der Waals surface area contributed by atoms with Gasteiger partial charge in [-0.1, -0.05) is 20.3 Å². The smallest absolute Gasteiger partial charge is 0.297 e. The number of unbranched alkanes of at least 4 members (excludes halogenated alkanes) is 1. The van der Waals surface area contributed by atoms with Crippen molar-refractivity contribution in [1.29, 1.82) is 0 Å². The highest BCUT2D eigenvalue weighted by atomic mass is 16.6. The number of non-ortho nitro benzene ring substituents is 1. The molecule has 140 valence electrons. The van der Waals surface area contributed by atoms with Gasteiger partial charge in [-0.25, -0.2) is 0 Å². The average Bonchev–Trinajstić information content (AvgIpc) is 2.64. The fraction of sp³-hybridized carbons (Fsp3) is 0.421. The fourth-order valence-electron chi connectivity index (χ4n) is 2.79. The molecule has 0 saturated carbocycles. The number of ether oxygens (including phenoxy) is 2. The molecule has 1 aromatic heterocycles. The third kappa shape index (κ3) is 3.71. The quantitative estimate of drug-likeness (QED) is 0.395. The predicted molar refractivity (Wildman–Crippen MR) is 101 cm³/mol. The highest BCUT2D eigenvalue weighted by Crippen LogP contribution is 2.36. The number of hydrogen-bond acceptors (Lipinski definition) is 5. The van der Waals surface area contributed by atoms with E-state index < -0.39 is 4.92 Å². The van der Waals surface area contributed by atoms with Crippen LogP contribution < -0.4 is 15.0 Å². The molecule has 0 fully saturated rings. The number of aromatic nitrogens is 1. The molecule has 1 heterocycles. The maximum absolute atomic E-state index is 12.9. The lowest BCUT2D eigenvalue weighted by Gasteiger charge is -2.18. The maximum atomic E-state index is 12.9. The molecule has 0 N–H and O–H groups in total. The second-order valence-corrected chi connectivity index (χ2v) is 5.84. The Labute approximate surface area is 152 Å². The van der Waals surface area contributed by atoms with Crippen molar-refractivity contribution < 1.29 is 14.4 Å². The van der Waals surface area contributed by atoms with Crippen molar-refractivity contribution in [2.24, 2.45) is 0 Å². The Morgan fingerprint density at radius 1 is 1.31 bits per heavy atom. The monoisotopic (exact) mass is 360 g/mol. The molecule has 1 aromatic carbocycles. The van der Waals surface area contributed by atoms with E-state index in [0.717, 1.165) is 12.8 Å². The van der Waals surface area contributed by atoms with Crippen LogP contribution >= 0.6 is 0 Å². The Kier molecular flexibility index (Phi) is 6.38. The highest BCUT2D eigenvalue weighted by molar-refractivity contribution is 5.89. The van der Waals surface area contributed by atoms with Crippen molar-refractivity contribution in [2.75, 3.05) is 7.11 Å². The Hall–Kier alpha value is -2.83. The van der Waals surface area contributed by atoms with E-state index in [-0.39, 0.29) is 17.0 Å². The summed E-state index contributed by atoms with van der Waals surface area (Å²) in [5.41, 5.74) is 0.0514. The number of fused-ring (bicyclic) bond motifs is 1. The van der Waals surface area contributed by atoms with Gasteiger partial charge >= 0.3 is 0 Å². The van der Waals surface area contributed by atoms with Crippen molar-refractivity contribution in [3.8, 4) is 11.5 Å². The molecule has 2 aromatic rings. The molecule has 0 aliphatic rings. The molecule has 0 aliphatic carbocycles. The normalized spacial score (nSPS) is 11.6. The molecule has 2 rings (SSSR count). The minimum atomic E-state index is -0.470. The van der Waals surface area contributed by atoms with Gasteiger partial charge in [0.1, 0.15) is 0 Å². The van der Waals surface area contributed by atoms with Crippen LogP contribution in [-0.4, -0.2) is 16.6 Å². The molecule has 7 nitrogen and oxygen atoms in total. The summed E-state index contributed by atoms with van der Waals surface area (Å²) in [4.78, 5) is 23.7. The van der Waals surface area contributed by atoms with E-state index in [9.17, 15) is 14.9 Å². The fourth-order valence-corrected chi connectivity index (χ4v) is 2.79. The zero-order chi connectivity index (χ0) is 19.3. The number of nitro groups is 1. The molecule has 0 spiro atoms. The minimum Gasteiger partial charge on any atom is -0.488 e. The van der Waals surface area contributed by atoms with Crippen LogP contribution in [-0.2, 0) is 6.54 Å². The van der Waals surface area contributed by atoms with Crippen LogP contribution in [0.1, 0.15) is 40.0 Å². The Morgan fingerprint density at radius 2 is 2.04 bits per heavy atom. The first kappa shape index (κ1) is 19.5. The SMILES string of the molecule is CC=C(CC)Oc1c(OC)c(=O)n(CCCC)c2cc([N+](=O)[O-])ccc12. The highest BCUT2D eigenvalue weighted by Gasteiger charge is 2.21. The molecule has 0 radical (unpaired) electrons. The molecule has 0 amide bonds. The summed E-state index contributed by atoms with van der Waals surface area (Å²) in [5.74, 6) is 1.09. The lowest BCUT2D eigenvalue weighted by Crippen LogP contribution is -2.23. The average molecular weight is 360 g/mol. The summed E-state index contributed by atoms with van der Waals surface area (Å²) >= 11 is 0. The van der Waals surface area contributed by atoms with E-state index in [1.807, 2.05) is 26.8 Å². The maximum Gasteiger partial charge on any atom is 0.297 e. The number of rotatable bonds is 8. The van der Waals surface area contributed by atoms with Crippen LogP contribution in [0.3, 0.4) is 0 Å². The summed E-state index contributed by atoms with van der Waals surface area (Å²) in [7, 11) is 1.42. The van der Waals surface area contributed by atoms with Crippen molar-refractivity contribution in [2.45, 2.75) is 46.6 Å². The van der Waals surface area contributed by atoms with E-state index in [0.29, 0.717) is 35.4 Å². The van der Waals surface area contributed by atoms with Crippen molar-refractivity contribution in [1.82, 2.24) is 4.57 Å². The van der Waals surface area contributed by atoms with Crippen molar-refractivity contribution in [3.63, 3.8) is 0 Å². The minimum absolute atomic E-state index is 0.0694. The molecule has 0 aliphatic heterocycles. The first-order valence-electron chi connectivity index (χ1n) is 8.70. The Morgan fingerprint density at radius 3 is 2.58 bits per heavy atom. The molecule has 26 heavy (non-hydrogen) atoms. The zero-order valence-electron chi connectivity index (χ0n) is 15.6. The summed E-state index contributed by atoms with van der Waals surface area (Å²) in [6.07, 6.45) is 4.13. The van der Waals surface area contributed by atoms with Crippen LogP contribution in [0.25, 0.3) is 10.9 Å². The summed E-state index contributed by atoms with van der Waals surface area (Å²) in [6.45, 7) is 6.26. The number of methoxy groups -OCH3 is 1. The number of pyridine rings is 1. The number of hydrogen-bond donors (Lipinski definition) is 0. The number of aryl methyl sites for hydroxylation is 1. The van der Waals surface area contributed by atoms with Crippen molar-refractivity contribution >= 4 is 16.6 Å². The van der Waals surface area contributed by atoms with E-state index in [1.54, 1.807) is 6.07 Å². The first-order valence-corrected chi connectivity index (χ1v) is 8.70. The molecule has 0 saturated heterocycles. The third-order valence-corrected chi connectivity index (χ3v) is 4.22. The van der Waals surface area contributed by atoms with Crippen LogP contribution in [0.2, 0.25) is 0 Å². The predicted octanol–water partition coefficient (Wildman–Crippen LogP) is 4.41. The van der Waals surface area contributed by atoms with Gasteiger partial charge in [-0.2, -0.15) is 0 Å². The lowest BCUT2D eigenvalue weighted by atomic mass is 10.1. The van der Waals surface area contributed by atoms with Gasteiger partial charge in [0.15, 0.2) is 5.75 Å². The molecule has 0 atom stereocenters. The van der Waals surface area contributed by atoms with Crippen LogP contribution in [0.5, 0.6) is 11.5 Å². The van der Waals surface area contributed by atoms with Gasteiger partial charge in [-0.05, 0) is 25.5 Å². The van der Waals surface area contributed by atoms with Gasteiger partial charge in [-0.15, -0.1) is 0 Å². The van der Waals surface area contributed by atoms with E-state index in [1.165, 1.54) is 23.8 Å². The van der Waals surface area contributed by atoms with Gasteiger partial charge in [-0.3, -0.25) is 14.9 Å². The Bertz CT molecular complexity index is 899. The van der Waals surface area contributed by atoms with Gasteiger partial charge < -0.3 is 14.0 Å². The molecular formula is C19H24N2O5. The second kappa shape index (κ2) is 8.51. The number of nitro benzene ring substituents is 1. The third-order valence-electron chi connectivity index (χ3n) is 4.22. The summed E-state index contributed by atoms with van der Waals surface area (Å²) in [5, 5.41) is 11.8. The first-order chi connectivity index (χ1) is 12.5.